The van der Waals surface area contributed by atoms with Crippen molar-refractivity contribution in [3.63, 3.8) is 0 Å². The molecule has 0 aliphatic heterocycles. The van der Waals surface area contributed by atoms with Crippen molar-refractivity contribution >= 4 is 8.80 Å². The third-order valence-electron chi connectivity index (χ3n) is 0.451. The molecule has 0 aromatic heterocycles. The van der Waals surface area contributed by atoms with Crippen molar-refractivity contribution in [1.29, 1.82) is 0 Å². The molecule has 0 atom stereocenters. The molecule has 0 unspecified atom stereocenters. The molecule has 0 bridgehead atoms. The molecule has 0 aromatic rings. The topological polar surface area (TPSA) is 0 Å². The van der Waals surface area contributed by atoms with E-state index in [-0.39, 0.29) is 8.80 Å². The normalized spacial score (nSPS) is 8.50. The van der Waals surface area contributed by atoms with E-state index in [1.54, 1.807) is 0 Å². The van der Waals surface area contributed by atoms with Gasteiger partial charge in [-0.2, -0.15) is 0 Å². The molecule has 0 saturated carbocycles. The van der Waals surface area contributed by atoms with Gasteiger partial charge in [0.15, 0.2) is 0 Å². The standard InChI is InChI=1S/C5H10Si/c1-4-5-6(2)3/h4-5H,1H2,2-3H3/q-1. The Morgan fingerprint density at radius 1 is 1.67 bits per heavy atom. The molecular weight excluding hydrogens is 88.1 g/mol. The van der Waals surface area contributed by atoms with Crippen molar-refractivity contribution in [1.82, 2.24) is 0 Å². The predicted molar refractivity (Wildman–Crippen MR) is 32.0 cm³/mol. The number of hydrogen-bond donors (Lipinski definition) is 0. The molecule has 0 heterocycles. The lowest BCUT2D eigenvalue weighted by Gasteiger charge is -2.00. The van der Waals surface area contributed by atoms with Gasteiger partial charge in [-0.3, -0.25) is 0 Å². The minimum absolute atomic E-state index is 0.129. The highest BCUT2D eigenvalue weighted by Crippen LogP contribution is 1.83. The van der Waals surface area contributed by atoms with Gasteiger partial charge < -0.3 is 0 Å². The summed E-state index contributed by atoms with van der Waals surface area (Å²) in [7, 11) is -0.129. The van der Waals surface area contributed by atoms with Crippen LogP contribution in [0.3, 0.4) is 0 Å². The van der Waals surface area contributed by atoms with Gasteiger partial charge in [0.05, 0.1) is 0 Å². The Labute approximate surface area is 41.5 Å². The average Bonchev–Trinajstić information content (AvgIpc) is 1.35. The van der Waals surface area contributed by atoms with Crippen LogP contribution in [0.1, 0.15) is 0 Å². The first-order chi connectivity index (χ1) is 2.77. The van der Waals surface area contributed by atoms with Gasteiger partial charge in [0.2, 0.25) is 0 Å². The Morgan fingerprint density at radius 3 is 2.17 bits per heavy atom. The van der Waals surface area contributed by atoms with Crippen LogP contribution in [0.5, 0.6) is 0 Å². The summed E-state index contributed by atoms with van der Waals surface area (Å²) in [6.45, 7) is 8.03. The lowest BCUT2D eigenvalue weighted by Crippen LogP contribution is -1.96. The van der Waals surface area contributed by atoms with Gasteiger partial charge in [0.1, 0.15) is 0 Å². The van der Waals surface area contributed by atoms with Crippen molar-refractivity contribution in [2.75, 3.05) is 0 Å². The first kappa shape index (κ1) is 5.83. The molecule has 6 heavy (non-hydrogen) atoms. The van der Waals surface area contributed by atoms with E-state index in [0.717, 1.165) is 0 Å². The van der Waals surface area contributed by atoms with Crippen LogP contribution in [0.25, 0.3) is 0 Å². The zero-order valence-corrected chi connectivity index (χ0v) is 5.36. The molecule has 0 fully saturated rings. The molecule has 0 aliphatic carbocycles. The summed E-state index contributed by atoms with van der Waals surface area (Å²) in [5, 5.41) is 0. The Hall–Kier alpha value is -0.173. The average molecular weight is 98.2 g/mol. The van der Waals surface area contributed by atoms with Gasteiger partial charge in [-0.05, 0) is 8.80 Å². The van der Waals surface area contributed by atoms with E-state index in [1.807, 2.05) is 6.08 Å². The Bertz CT molecular complexity index is 39.2. The highest BCUT2D eigenvalue weighted by Gasteiger charge is 1.76. The largest absolute Gasteiger partial charge is 0.245 e. The Morgan fingerprint density at radius 2 is 2.17 bits per heavy atom. The molecule has 0 nitrogen and oxygen atoms in total. The molecule has 1 radical (unpaired) electrons. The van der Waals surface area contributed by atoms with Crippen LogP contribution in [-0.4, -0.2) is 8.80 Å². The molecule has 0 saturated heterocycles. The van der Waals surface area contributed by atoms with E-state index in [4.69, 9.17) is 0 Å². The summed E-state index contributed by atoms with van der Waals surface area (Å²) in [5.41, 5.74) is 0. The first-order valence-electron chi connectivity index (χ1n) is 2.03. The number of rotatable bonds is 2. The molecule has 0 rings (SSSR count). The van der Waals surface area contributed by atoms with E-state index in [0.29, 0.717) is 0 Å². The Kier molecular flexibility index (Phi) is 2.95. The van der Waals surface area contributed by atoms with Gasteiger partial charge in [-0.15, -0.1) is 0 Å². The van der Waals surface area contributed by atoms with Gasteiger partial charge in [0, 0.05) is 0 Å². The summed E-state index contributed by atoms with van der Waals surface area (Å²) in [5.74, 6) is 0. The zero-order chi connectivity index (χ0) is 4.99. The van der Waals surface area contributed by atoms with Crippen molar-refractivity contribution in [2.45, 2.75) is 13.1 Å². The SMILES string of the molecule is C=C[CH-][Si](C)C. The minimum atomic E-state index is -0.129. The fraction of sp³-hybridized carbons (Fsp3) is 0.400. The number of allylic oxidation sites excluding steroid dienone is 1. The molecule has 0 spiro atoms. The lowest BCUT2D eigenvalue weighted by atomic mass is 10.8. The maximum Gasteiger partial charge on any atom is -0.0307 e. The van der Waals surface area contributed by atoms with Gasteiger partial charge >= 0.3 is 0 Å². The quantitative estimate of drug-likeness (QED) is 0.364. The van der Waals surface area contributed by atoms with E-state index in [1.165, 1.54) is 0 Å². The predicted octanol–water partition coefficient (Wildman–Crippen LogP) is 1.67. The number of hydrogen-bond acceptors (Lipinski definition) is 0. The third kappa shape index (κ3) is 3.83. The third-order valence-corrected chi connectivity index (χ3v) is 1.35. The summed E-state index contributed by atoms with van der Waals surface area (Å²) in [6.07, 6.45) is 1.87. The first-order valence-corrected chi connectivity index (χ1v) is 4.61. The van der Waals surface area contributed by atoms with E-state index >= 15 is 0 Å². The second kappa shape index (κ2) is 3.03. The van der Waals surface area contributed by atoms with Crippen LogP contribution in [-0.2, 0) is 0 Å². The van der Waals surface area contributed by atoms with Crippen LogP contribution < -0.4 is 0 Å². The van der Waals surface area contributed by atoms with Crippen LogP contribution >= 0.6 is 0 Å². The van der Waals surface area contributed by atoms with Gasteiger partial charge in [-0.25, -0.2) is 18.7 Å². The lowest BCUT2D eigenvalue weighted by molar-refractivity contribution is 1.85. The van der Waals surface area contributed by atoms with Crippen molar-refractivity contribution in [2.24, 2.45) is 0 Å². The van der Waals surface area contributed by atoms with Crippen LogP contribution in [0.2, 0.25) is 13.1 Å². The zero-order valence-electron chi connectivity index (χ0n) is 4.36. The maximum absolute atomic E-state index is 3.57. The van der Waals surface area contributed by atoms with Crippen LogP contribution in [0.15, 0.2) is 12.7 Å². The molecular formula is C5H10Si-. The van der Waals surface area contributed by atoms with Gasteiger partial charge in [0.25, 0.3) is 0 Å². The van der Waals surface area contributed by atoms with Gasteiger partial charge in [-0.1, -0.05) is 13.1 Å². The fourth-order valence-corrected chi connectivity index (χ4v) is 0.707. The van der Waals surface area contributed by atoms with Crippen LogP contribution in [0, 0.1) is 6.04 Å². The highest BCUT2D eigenvalue weighted by atomic mass is 28.3. The summed E-state index contributed by atoms with van der Waals surface area (Å²) in [4.78, 5) is 0. The monoisotopic (exact) mass is 98.1 g/mol. The van der Waals surface area contributed by atoms with Crippen molar-refractivity contribution in [3.05, 3.63) is 18.7 Å². The fourth-order valence-electron chi connectivity index (χ4n) is 0.236. The molecule has 0 N–H and O–H groups in total. The molecule has 1 heteroatoms. The van der Waals surface area contributed by atoms with E-state index in [9.17, 15) is 0 Å². The van der Waals surface area contributed by atoms with Crippen LogP contribution in [0.4, 0.5) is 0 Å². The molecule has 0 aliphatic rings. The highest BCUT2D eigenvalue weighted by molar-refractivity contribution is 6.60. The maximum atomic E-state index is 3.57. The van der Waals surface area contributed by atoms with E-state index < -0.39 is 0 Å². The second-order valence-corrected chi connectivity index (χ2v) is 3.97. The summed E-state index contributed by atoms with van der Waals surface area (Å²) < 4.78 is 0. The van der Waals surface area contributed by atoms with E-state index in [2.05, 4.69) is 25.7 Å². The Balaban J connectivity index is 2.81. The van der Waals surface area contributed by atoms with Crippen molar-refractivity contribution < 1.29 is 0 Å². The van der Waals surface area contributed by atoms with Crippen molar-refractivity contribution in [3.8, 4) is 0 Å². The molecule has 0 aromatic carbocycles. The minimum Gasteiger partial charge on any atom is -0.245 e. The summed E-state index contributed by atoms with van der Waals surface area (Å²) >= 11 is 0. The molecule has 35 valence electrons. The second-order valence-electron chi connectivity index (χ2n) is 1.48. The molecule has 0 amide bonds. The smallest absolute Gasteiger partial charge is 0.0307 e. The summed E-state index contributed by atoms with van der Waals surface area (Å²) in [6, 6.07) is 2.16.